The Kier molecular flexibility index (Phi) is 2.36. The highest BCUT2D eigenvalue weighted by atomic mass is 19.4. The maximum Gasteiger partial charge on any atom is 0.417 e. The fraction of sp³-hybridized carbons (Fsp3) is 0.455. The third-order valence-electron chi connectivity index (χ3n) is 2.86. The Morgan fingerprint density at radius 2 is 1.88 bits per heavy atom. The lowest BCUT2D eigenvalue weighted by Gasteiger charge is -2.17. The van der Waals surface area contributed by atoms with Gasteiger partial charge in [0.05, 0.1) is 11.3 Å². The van der Waals surface area contributed by atoms with Crippen LogP contribution in [0.15, 0.2) is 6.07 Å². The molecule has 1 fully saturated rings. The van der Waals surface area contributed by atoms with Crippen LogP contribution in [0, 0.1) is 12.7 Å². The van der Waals surface area contributed by atoms with Crippen LogP contribution in [0.4, 0.5) is 23.2 Å². The van der Waals surface area contributed by atoms with Crippen LogP contribution in [-0.2, 0) is 6.18 Å². The predicted octanol–water partition coefficient (Wildman–Crippen LogP) is 3.61. The SMILES string of the molecule is Cc1c(F)c(N)cc(C2CC2)c1C(F)(F)F. The summed E-state index contributed by atoms with van der Waals surface area (Å²) in [7, 11) is 0. The van der Waals surface area contributed by atoms with Gasteiger partial charge in [0.15, 0.2) is 0 Å². The minimum atomic E-state index is -4.52. The molecule has 0 spiro atoms. The molecule has 1 saturated carbocycles. The van der Waals surface area contributed by atoms with E-state index in [-0.39, 0.29) is 17.2 Å². The van der Waals surface area contributed by atoms with E-state index in [2.05, 4.69) is 0 Å². The summed E-state index contributed by atoms with van der Waals surface area (Å²) in [6.45, 7) is 1.13. The summed E-state index contributed by atoms with van der Waals surface area (Å²) in [5, 5.41) is 0. The van der Waals surface area contributed by atoms with Crippen LogP contribution in [0.2, 0.25) is 0 Å². The Morgan fingerprint density at radius 3 is 2.31 bits per heavy atom. The molecule has 0 amide bonds. The van der Waals surface area contributed by atoms with Crippen molar-refractivity contribution in [1.29, 1.82) is 0 Å². The van der Waals surface area contributed by atoms with Crippen molar-refractivity contribution in [2.45, 2.75) is 31.9 Å². The largest absolute Gasteiger partial charge is 0.417 e. The minimum absolute atomic E-state index is 0.113. The number of nitrogen functional groups attached to an aromatic ring is 1. The molecule has 0 radical (unpaired) electrons. The highest BCUT2D eigenvalue weighted by Crippen LogP contribution is 2.48. The van der Waals surface area contributed by atoms with Gasteiger partial charge in [0, 0.05) is 0 Å². The Balaban J connectivity index is 2.67. The number of halogens is 4. The molecular formula is C11H11F4N. The highest BCUT2D eigenvalue weighted by Gasteiger charge is 2.40. The fourth-order valence-corrected chi connectivity index (χ4v) is 1.94. The molecule has 1 aliphatic rings. The van der Waals surface area contributed by atoms with Crippen molar-refractivity contribution >= 4 is 5.69 Å². The number of alkyl halides is 3. The van der Waals surface area contributed by atoms with Crippen molar-refractivity contribution in [3.05, 3.63) is 28.6 Å². The standard InChI is InChI=1S/C11H11F4N/c1-5-9(11(13,14)15)7(6-2-3-6)4-8(16)10(5)12/h4,6H,2-3,16H2,1H3. The first kappa shape index (κ1) is 11.2. The van der Waals surface area contributed by atoms with Gasteiger partial charge in [-0.1, -0.05) is 0 Å². The van der Waals surface area contributed by atoms with Crippen molar-refractivity contribution in [2.75, 3.05) is 5.73 Å². The molecule has 1 aliphatic carbocycles. The summed E-state index contributed by atoms with van der Waals surface area (Å²) in [5.41, 5.74) is 4.06. The number of anilines is 1. The van der Waals surface area contributed by atoms with Crippen LogP contribution in [-0.4, -0.2) is 0 Å². The summed E-state index contributed by atoms with van der Waals surface area (Å²) < 4.78 is 51.8. The molecule has 1 aromatic rings. The van der Waals surface area contributed by atoms with E-state index in [1.165, 1.54) is 0 Å². The molecular weight excluding hydrogens is 222 g/mol. The Morgan fingerprint density at radius 1 is 1.31 bits per heavy atom. The van der Waals surface area contributed by atoms with Crippen molar-refractivity contribution in [1.82, 2.24) is 0 Å². The van der Waals surface area contributed by atoms with Gasteiger partial charge in [0.1, 0.15) is 5.82 Å². The maximum atomic E-state index is 13.4. The zero-order valence-corrected chi connectivity index (χ0v) is 8.66. The number of benzene rings is 1. The number of rotatable bonds is 1. The van der Waals surface area contributed by atoms with Gasteiger partial charge >= 0.3 is 6.18 Å². The fourth-order valence-electron chi connectivity index (χ4n) is 1.94. The Hall–Kier alpha value is -1.26. The molecule has 0 unspecified atom stereocenters. The predicted molar refractivity (Wildman–Crippen MR) is 52.5 cm³/mol. The van der Waals surface area contributed by atoms with E-state index in [1.807, 2.05) is 0 Å². The van der Waals surface area contributed by atoms with Gasteiger partial charge in [0.2, 0.25) is 0 Å². The molecule has 0 heterocycles. The van der Waals surface area contributed by atoms with Gasteiger partial charge < -0.3 is 5.73 Å². The molecule has 2 rings (SSSR count). The van der Waals surface area contributed by atoms with Crippen LogP contribution in [0.3, 0.4) is 0 Å². The van der Waals surface area contributed by atoms with Crippen molar-refractivity contribution < 1.29 is 17.6 Å². The quantitative estimate of drug-likeness (QED) is 0.582. The molecule has 88 valence electrons. The summed E-state index contributed by atoms with van der Waals surface area (Å²) in [4.78, 5) is 0. The summed E-state index contributed by atoms with van der Waals surface area (Å²) in [6.07, 6.45) is -3.09. The average molecular weight is 233 g/mol. The topological polar surface area (TPSA) is 26.0 Å². The summed E-state index contributed by atoms with van der Waals surface area (Å²) in [6, 6.07) is 1.13. The van der Waals surface area contributed by atoms with E-state index in [4.69, 9.17) is 5.73 Å². The van der Waals surface area contributed by atoms with Gasteiger partial charge in [-0.05, 0) is 42.9 Å². The Labute approximate surface area is 90.3 Å². The molecule has 0 atom stereocenters. The smallest absolute Gasteiger partial charge is 0.396 e. The third-order valence-corrected chi connectivity index (χ3v) is 2.86. The van der Waals surface area contributed by atoms with E-state index in [0.717, 1.165) is 13.0 Å². The van der Waals surface area contributed by atoms with Gasteiger partial charge in [-0.2, -0.15) is 13.2 Å². The van der Waals surface area contributed by atoms with E-state index in [9.17, 15) is 17.6 Å². The zero-order chi connectivity index (χ0) is 12.1. The van der Waals surface area contributed by atoms with Gasteiger partial charge in [-0.25, -0.2) is 4.39 Å². The van der Waals surface area contributed by atoms with Crippen molar-refractivity contribution in [2.24, 2.45) is 0 Å². The number of nitrogens with two attached hydrogens (primary N) is 1. The number of hydrogen-bond acceptors (Lipinski definition) is 1. The molecule has 16 heavy (non-hydrogen) atoms. The van der Waals surface area contributed by atoms with Gasteiger partial charge in [-0.15, -0.1) is 0 Å². The zero-order valence-electron chi connectivity index (χ0n) is 8.66. The monoisotopic (exact) mass is 233 g/mol. The molecule has 5 heteroatoms. The maximum absolute atomic E-state index is 13.4. The first-order chi connectivity index (χ1) is 7.32. The second kappa shape index (κ2) is 3.37. The van der Waals surface area contributed by atoms with Crippen LogP contribution in [0.5, 0.6) is 0 Å². The van der Waals surface area contributed by atoms with Gasteiger partial charge in [0.25, 0.3) is 0 Å². The Bertz CT molecular complexity index is 433. The van der Waals surface area contributed by atoms with E-state index in [0.29, 0.717) is 12.8 Å². The van der Waals surface area contributed by atoms with E-state index in [1.54, 1.807) is 0 Å². The van der Waals surface area contributed by atoms with Crippen LogP contribution in [0.25, 0.3) is 0 Å². The summed E-state index contributed by atoms with van der Waals surface area (Å²) >= 11 is 0. The third kappa shape index (κ3) is 1.74. The number of hydrogen-bond donors (Lipinski definition) is 1. The second-order valence-corrected chi connectivity index (χ2v) is 4.14. The first-order valence-electron chi connectivity index (χ1n) is 4.98. The molecule has 1 nitrogen and oxygen atoms in total. The molecule has 0 aromatic heterocycles. The second-order valence-electron chi connectivity index (χ2n) is 4.14. The molecule has 2 N–H and O–H groups in total. The van der Waals surface area contributed by atoms with E-state index >= 15 is 0 Å². The lowest BCUT2D eigenvalue weighted by atomic mass is 9.96. The van der Waals surface area contributed by atoms with Crippen LogP contribution < -0.4 is 5.73 Å². The summed E-state index contributed by atoms with van der Waals surface area (Å²) in [5.74, 6) is -1.07. The van der Waals surface area contributed by atoms with Crippen LogP contribution >= 0.6 is 0 Å². The molecule has 0 saturated heterocycles. The molecule has 1 aromatic carbocycles. The lowest BCUT2D eigenvalue weighted by molar-refractivity contribution is -0.138. The highest BCUT2D eigenvalue weighted by molar-refractivity contribution is 5.54. The average Bonchev–Trinajstić information content (AvgIpc) is 2.94. The normalized spacial score (nSPS) is 16.6. The molecule has 0 bridgehead atoms. The molecule has 0 aliphatic heterocycles. The van der Waals surface area contributed by atoms with E-state index < -0.39 is 23.1 Å². The minimum Gasteiger partial charge on any atom is -0.396 e. The van der Waals surface area contributed by atoms with Crippen LogP contribution in [0.1, 0.15) is 35.4 Å². The first-order valence-corrected chi connectivity index (χ1v) is 4.98. The van der Waals surface area contributed by atoms with Crippen molar-refractivity contribution in [3.8, 4) is 0 Å². The van der Waals surface area contributed by atoms with Crippen molar-refractivity contribution in [3.63, 3.8) is 0 Å². The van der Waals surface area contributed by atoms with Gasteiger partial charge in [-0.3, -0.25) is 0 Å². The lowest BCUT2D eigenvalue weighted by Crippen LogP contribution is -2.14.